The number of carbonyl (C=O) groups is 1. The maximum Gasteiger partial charge on any atom is 0.236 e. The molecule has 0 fully saturated rings. The van der Waals surface area contributed by atoms with Crippen molar-refractivity contribution in [1.29, 1.82) is 0 Å². The smallest absolute Gasteiger partial charge is 0.236 e. The molecule has 0 saturated carbocycles. The minimum absolute atomic E-state index is 0.0644. The molecular formula is C14H30N2O2. The second-order valence-electron chi connectivity index (χ2n) is 5.39. The Hall–Kier alpha value is -0.610. The molecule has 1 amide bonds. The Bertz CT molecular complexity index is 220. The Morgan fingerprint density at radius 3 is 2.39 bits per heavy atom. The van der Waals surface area contributed by atoms with Gasteiger partial charge in [0.2, 0.25) is 5.91 Å². The van der Waals surface area contributed by atoms with E-state index in [9.17, 15) is 4.79 Å². The van der Waals surface area contributed by atoms with Gasteiger partial charge in [0.15, 0.2) is 0 Å². The molecule has 0 aromatic heterocycles. The van der Waals surface area contributed by atoms with Gasteiger partial charge in [0.25, 0.3) is 0 Å². The van der Waals surface area contributed by atoms with Crippen molar-refractivity contribution in [3.05, 3.63) is 0 Å². The molecule has 2 unspecified atom stereocenters. The first-order valence-corrected chi connectivity index (χ1v) is 7.13. The van der Waals surface area contributed by atoms with Crippen LogP contribution in [0.2, 0.25) is 0 Å². The van der Waals surface area contributed by atoms with Gasteiger partial charge in [0, 0.05) is 13.2 Å². The third-order valence-corrected chi connectivity index (χ3v) is 3.24. The lowest BCUT2D eigenvalue weighted by molar-refractivity contribution is -0.122. The molecule has 4 nitrogen and oxygen atoms in total. The molecule has 3 N–H and O–H groups in total. The summed E-state index contributed by atoms with van der Waals surface area (Å²) in [5.74, 6) is 1.12. The normalized spacial score (nSPS) is 14.6. The van der Waals surface area contributed by atoms with E-state index >= 15 is 0 Å². The summed E-state index contributed by atoms with van der Waals surface area (Å²) in [5, 5.41) is 15.1. The highest BCUT2D eigenvalue weighted by atomic mass is 16.3. The Morgan fingerprint density at radius 2 is 1.89 bits per heavy atom. The topological polar surface area (TPSA) is 61.4 Å². The van der Waals surface area contributed by atoms with E-state index in [0.717, 1.165) is 32.4 Å². The van der Waals surface area contributed by atoms with Crippen LogP contribution in [0.25, 0.3) is 0 Å². The molecule has 0 aromatic carbocycles. The fraction of sp³-hybridized carbons (Fsp3) is 0.929. The summed E-state index contributed by atoms with van der Waals surface area (Å²) in [6, 6.07) is -0.162. The van der Waals surface area contributed by atoms with Crippen LogP contribution in [0, 0.1) is 11.8 Å². The average molecular weight is 258 g/mol. The van der Waals surface area contributed by atoms with E-state index in [1.165, 1.54) is 0 Å². The molecule has 0 aliphatic heterocycles. The van der Waals surface area contributed by atoms with Gasteiger partial charge < -0.3 is 15.7 Å². The number of nitrogens with one attached hydrogen (secondary N) is 2. The maximum atomic E-state index is 11.8. The first-order valence-electron chi connectivity index (χ1n) is 7.13. The van der Waals surface area contributed by atoms with Gasteiger partial charge in [0.1, 0.15) is 0 Å². The fourth-order valence-electron chi connectivity index (χ4n) is 1.71. The summed E-state index contributed by atoms with van der Waals surface area (Å²) in [5.41, 5.74) is 0. The van der Waals surface area contributed by atoms with E-state index in [0.29, 0.717) is 11.8 Å². The molecule has 0 radical (unpaired) electrons. The van der Waals surface area contributed by atoms with Crippen molar-refractivity contribution in [1.82, 2.24) is 10.6 Å². The lowest BCUT2D eigenvalue weighted by atomic mass is 10.0. The number of amides is 1. The molecule has 0 spiro atoms. The van der Waals surface area contributed by atoms with E-state index in [-0.39, 0.29) is 18.6 Å². The van der Waals surface area contributed by atoms with Crippen molar-refractivity contribution >= 4 is 5.91 Å². The number of aliphatic hydroxyl groups is 1. The summed E-state index contributed by atoms with van der Waals surface area (Å²) in [4.78, 5) is 11.8. The molecule has 0 aromatic rings. The zero-order valence-electron chi connectivity index (χ0n) is 12.3. The van der Waals surface area contributed by atoms with E-state index in [1.54, 1.807) is 0 Å². The number of rotatable bonds is 10. The zero-order valence-corrected chi connectivity index (χ0v) is 12.3. The number of aliphatic hydroxyl groups excluding tert-OH is 1. The summed E-state index contributed by atoms with van der Waals surface area (Å²) in [6.45, 7) is 10.0. The molecular weight excluding hydrogens is 228 g/mol. The third kappa shape index (κ3) is 8.48. The van der Waals surface area contributed by atoms with Crippen LogP contribution in [0.15, 0.2) is 0 Å². The predicted molar refractivity (Wildman–Crippen MR) is 75.4 cm³/mol. The Labute approximate surface area is 112 Å². The van der Waals surface area contributed by atoms with Crippen LogP contribution in [0.5, 0.6) is 0 Å². The average Bonchev–Trinajstić information content (AvgIpc) is 2.33. The van der Waals surface area contributed by atoms with E-state index in [4.69, 9.17) is 5.11 Å². The van der Waals surface area contributed by atoms with Crippen LogP contribution < -0.4 is 10.6 Å². The molecule has 18 heavy (non-hydrogen) atoms. The van der Waals surface area contributed by atoms with Crippen LogP contribution in [0.4, 0.5) is 0 Å². The van der Waals surface area contributed by atoms with Gasteiger partial charge >= 0.3 is 0 Å². The van der Waals surface area contributed by atoms with Gasteiger partial charge in [0.05, 0.1) is 6.04 Å². The third-order valence-electron chi connectivity index (χ3n) is 3.24. The highest BCUT2D eigenvalue weighted by molar-refractivity contribution is 5.81. The second kappa shape index (κ2) is 10.3. The van der Waals surface area contributed by atoms with Crippen LogP contribution >= 0.6 is 0 Å². The molecule has 4 heteroatoms. The maximum absolute atomic E-state index is 11.8. The minimum atomic E-state index is -0.162. The quantitative estimate of drug-likeness (QED) is 0.557. The van der Waals surface area contributed by atoms with Gasteiger partial charge in [-0.2, -0.15) is 0 Å². The molecule has 0 heterocycles. The van der Waals surface area contributed by atoms with Crippen LogP contribution in [-0.2, 0) is 4.79 Å². The summed E-state index contributed by atoms with van der Waals surface area (Å²) < 4.78 is 0. The van der Waals surface area contributed by atoms with Crippen molar-refractivity contribution in [2.45, 2.75) is 53.0 Å². The van der Waals surface area contributed by atoms with Crippen molar-refractivity contribution < 1.29 is 9.90 Å². The Balaban J connectivity index is 3.78. The first-order chi connectivity index (χ1) is 8.51. The van der Waals surface area contributed by atoms with E-state index < -0.39 is 0 Å². The number of hydrogen-bond acceptors (Lipinski definition) is 3. The molecule has 2 atom stereocenters. The first kappa shape index (κ1) is 17.4. The lowest BCUT2D eigenvalue weighted by Gasteiger charge is -2.19. The second-order valence-corrected chi connectivity index (χ2v) is 5.39. The molecule has 0 aliphatic carbocycles. The highest BCUT2D eigenvalue weighted by Crippen LogP contribution is 2.06. The van der Waals surface area contributed by atoms with Crippen molar-refractivity contribution in [2.75, 3.05) is 19.7 Å². The summed E-state index contributed by atoms with van der Waals surface area (Å²) in [7, 11) is 0. The molecule has 0 aliphatic rings. The number of carbonyl (C=O) groups excluding carboxylic acids is 1. The van der Waals surface area contributed by atoms with Gasteiger partial charge in [-0.25, -0.2) is 0 Å². The van der Waals surface area contributed by atoms with Crippen molar-refractivity contribution in [3.8, 4) is 0 Å². The molecule has 108 valence electrons. The predicted octanol–water partition coefficient (Wildman–Crippen LogP) is 1.54. The molecule has 0 saturated heterocycles. The number of hydrogen-bond donors (Lipinski definition) is 3. The van der Waals surface area contributed by atoms with Crippen molar-refractivity contribution in [2.24, 2.45) is 11.8 Å². The van der Waals surface area contributed by atoms with Crippen molar-refractivity contribution in [3.63, 3.8) is 0 Å². The van der Waals surface area contributed by atoms with Gasteiger partial charge in [-0.05, 0) is 38.1 Å². The Kier molecular flexibility index (Phi) is 9.98. The van der Waals surface area contributed by atoms with Gasteiger partial charge in [-0.1, -0.05) is 27.2 Å². The molecule has 0 rings (SSSR count). The van der Waals surface area contributed by atoms with E-state index in [2.05, 4.69) is 31.4 Å². The standard InChI is InChI=1S/C14H30N2O2/c1-5-13(7-9-17)10-16-12(4)14(18)15-8-6-11(2)3/h11-13,16-17H,5-10H2,1-4H3,(H,15,18). The molecule has 0 bridgehead atoms. The summed E-state index contributed by atoms with van der Waals surface area (Å²) >= 11 is 0. The van der Waals surface area contributed by atoms with Crippen LogP contribution in [0.3, 0.4) is 0 Å². The van der Waals surface area contributed by atoms with Crippen LogP contribution in [0.1, 0.15) is 47.0 Å². The largest absolute Gasteiger partial charge is 0.396 e. The van der Waals surface area contributed by atoms with Gasteiger partial charge in [-0.15, -0.1) is 0 Å². The van der Waals surface area contributed by atoms with E-state index in [1.807, 2.05) is 6.92 Å². The van der Waals surface area contributed by atoms with Crippen LogP contribution in [-0.4, -0.2) is 36.8 Å². The minimum Gasteiger partial charge on any atom is -0.396 e. The monoisotopic (exact) mass is 258 g/mol. The lowest BCUT2D eigenvalue weighted by Crippen LogP contribution is -2.44. The Morgan fingerprint density at radius 1 is 1.22 bits per heavy atom. The summed E-state index contributed by atoms with van der Waals surface area (Å²) in [6.07, 6.45) is 2.83. The zero-order chi connectivity index (χ0) is 14.0. The highest BCUT2D eigenvalue weighted by Gasteiger charge is 2.13. The SMILES string of the molecule is CCC(CCO)CNC(C)C(=O)NCCC(C)C. The fourth-order valence-corrected chi connectivity index (χ4v) is 1.71. The van der Waals surface area contributed by atoms with Gasteiger partial charge in [-0.3, -0.25) is 4.79 Å².